The van der Waals surface area contributed by atoms with E-state index in [2.05, 4.69) is 28.2 Å². The lowest BCUT2D eigenvalue weighted by Crippen LogP contribution is -2.32. The maximum Gasteiger partial charge on any atom is 0.137 e. The topological polar surface area (TPSA) is 12.0 Å². The van der Waals surface area contributed by atoms with E-state index in [1.54, 1.807) is 0 Å². The predicted molar refractivity (Wildman–Crippen MR) is 81.6 cm³/mol. The van der Waals surface area contributed by atoms with Crippen LogP contribution in [-0.2, 0) is 6.54 Å². The van der Waals surface area contributed by atoms with Crippen molar-refractivity contribution in [2.75, 3.05) is 0 Å². The first-order chi connectivity index (χ1) is 9.16. The molecule has 1 nitrogen and oxygen atoms in total. The first-order valence-electron chi connectivity index (χ1n) is 7.34. The van der Waals surface area contributed by atoms with Crippen molar-refractivity contribution in [2.24, 2.45) is 5.92 Å². The van der Waals surface area contributed by atoms with Crippen LogP contribution in [0.15, 0.2) is 22.7 Å². The Morgan fingerprint density at radius 1 is 1.26 bits per heavy atom. The molecule has 1 atom stereocenters. The number of hydrogen-bond acceptors (Lipinski definition) is 1. The molecule has 1 aliphatic rings. The molecule has 0 saturated heterocycles. The zero-order valence-corrected chi connectivity index (χ0v) is 13.2. The number of rotatable bonds is 4. The molecule has 0 unspecified atom stereocenters. The van der Waals surface area contributed by atoms with Crippen LogP contribution >= 0.6 is 15.9 Å². The molecule has 0 aliphatic heterocycles. The summed E-state index contributed by atoms with van der Waals surface area (Å²) in [5.74, 6) is 0.604. The molecule has 1 fully saturated rings. The fraction of sp³-hybridized carbons (Fsp3) is 0.625. The summed E-state index contributed by atoms with van der Waals surface area (Å²) in [5.41, 5.74) is 1.13. The van der Waals surface area contributed by atoms with Gasteiger partial charge in [0, 0.05) is 12.6 Å². The highest BCUT2D eigenvalue weighted by Crippen LogP contribution is 2.25. The quantitative estimate of drug-likeness (QED) is 0.764. The van der Waals surface area contributed by atoms with Gasteiger partial charge in [-0.1, -0.05) is 31.7 Å². The maximum atomic E-state index is 13.2. The second-order valence-electron chi connectivity index (χ2n) is 5.67. The molecule has 1 aromatic carbocycles. The van der Waals surface area contributed by atoms with Crippen LogP contribution in [0, 0.1) is 11.7 Å². The molecule has 19 heavy (non-hydrogen) atoms. The Balaban J connectivity index is 1.84. The van der Waals surface area contributed by atoms with Gasteiger partial charge in [-0.05, 0) is 59.3 Å². The molecular formula is C16H23BrFN. The van der Waals surface area contributed by atoms with Gasteiger partial charge in [0.2, 0.25) is 0 Å². The van der Waals surface area contributed by atoms with Gasteiger partial charge in [-0.2, -0.15) is 0 Å². The van der Waals surface area contributed by atoms with Crippen molar-refractivity contribution in [3.8, 4) is 0 Å². The zero-order valence-electron chi connectivity index (χ0n) is 11.6. The first kappa shape index (κ1) is 15.0. The normalized spacial score (nSPS) is 19.1. The zero-order chi connectivity index (χ0) is 13.7. The molecule has 0 aromatic heterocycles. The summed E-state index contributed by atoms with van der Waals surface area (Å²) in [4.78, 5) is 0. The molecule has 2 rings (SSSR count). The molecule has 106 valence electrons. The molecule has 1 saturated carbocycles. The maximum absolute atomic E-state index is 13.2. The Morgan fingerprint density at radius 3 is 2.58 bits per heavy atom. The Bertz CT molecular complexity index is 400. The van der Waals surface area contributed by atoms with E-state index in [0.29, 0.717) is 10.5 Å². The third kappa shape index (κ3) is 4.57. The summed E-state index contributed by atoms with van der Waals surface area (Å²) in [6, 6.07) is 5.79. The molecule has 0 radical (unpaired) electrons. The fourth-order valence-electron chi connectivity index (χ4n) is 2.91. The summed E-state index contributed by atoms with van der Waals surface area (Å²) < 4.78 is 13.7. The first-order valence-corrected chi connectivity index (χ1v) is 8.13. The average Bonchev–Trinajstić information content (AvgIpc) is 2.69. The van der Waals surface area contributed by atoms with Crippen molar-refractivity contribution in [3.05, 3.63) is 34.1 Å². The van der Waals surface area contributed by atoms with E-state index in [9.17, 15) is 4.39 Å². The fourth-order valence-corrected chi connectivity index (χ4v) is 3.33. The number of hydrogen-bond donors (Lipinski definition) is 1. The summed E-state index contributed by atoms with van der Waals surface area (Å²) in [6.45, 7) is 3.10. The Morgan fingerprint density at radius 2 is 1.95 bits per heavy atom. The standard InChI is InChI=1S/C16H23BrFN/c1-12(14-6-4-2-3-5-7-14)19-11-13-8-9-16(18)15(17)10-13/h8-10,12,14,19H,2-7,11H2,1H3/t12-/m1/s1. The van der Waals surface area contributed by atoms with Crippen molar-refractivity contribution in [1.82, 2.24) is 5.32 Å². The van der Waals surface area contributed by atoms with Gasteiger partial charge in [0.15, 0.2) is 0 Å². The van der Waals surface area contributed by atoms with Gasteiger partial charge in [0.05, 0.1) is 4.47 Å². The van der Waals surface area contributed by atoms with Crippen molar-refractivity contribution in [3.63, 3.8) is 0 Å². The molecule has 0 heterocycles. The van der Waals surface area contributed by atoms with Gasteiger partial charge in [0.1, 0.15) is 5.82 Å². The smallest absolute Gasteiger partial charge is 0.137 e. The lowest BCUT2D eigenvalue weighted by molar-refractivity contribution is 0.336. The Hall–Kier alpha value is -0.410. The summed E-state index contributed by atoms with van der Waals surface area (Å²) in [6.07, 6.45) is 8.24. The van der Waals surface area contributed by atoms with Crippen LogP contribution in [0.4, 0.5) is 4.39 Å². The van der Waals surface area contributed by atoms with Gasteiger partial charge >= 0.3 is 0 Å². The second kappa shape index (κ2) is 7.39. The van der Waals surface area contributed by atoms with Crippen molar-refractivity contribution in [1.29, 1.82) is 0 Å². The third-order valence-corrected chi connectivity index (χ3v) is 4.83. The van der Waals surface area contributed by atoms with E-state index in [-0.39, 0.29) is 5.82 Å². The van der Waals surface area contributed by atoms with Crippen molar-refractivity contribution in [2.45, 2.75) is 58.0 Å². The average molecular weight is 328 g/mol. The molecule has 1 N–H and O–H groups in total. The monoisotopic (exact) mass is 327 g/mol. The summed E-state index contributed by atoms with van der Waals surface area (Å²) in [5, 5.41) is 3.60. The molecular weight excluding hydrogens is 305 g/mol. The Kier molecular flexibility index (Phi) is 5.83. The number of benzene rings is 1. The van der Waals surface area contributed by atoms with E-state index in [1.165, 1.54) is 44.6 Å². The Labute approximate surface area is 124 Å². The van der Waals surface area contributed by atoms with Crippen LogP contribution in [0.25, 0.3) is 0 Å². The SMILES string of the molecule is C[C@@H](NCc1ccc(F)c(Br)c1)C1CCCCCC1. The molecule has 3 heteroatoms. The lowest BCUT2D eigenvalue weighted by Gasteiger charge is -2.23. The number of halogens is 2. The van der Waals surface area contributed by atoms with Gasteiger partial charge in [-0.15, -0.1) is 0 Å². The largest absolute Gasteiger partial charge is 0.310 e. The second-order valence-corrected chi connectivity index (χ2v) is 6.52. The van der Waals surface area contributed by atoms with E-state index >= 15 is 0 Å². The van der Waals surface area contributed by atoms with Gasteiger partial charge < -0.3 is 5.32 Å². The van der Waals surface area contributed by atoms with Crippen molar-refractivity contribution < 1.29 is 4.39 Å². The molecule has 1 aliphatic carbocycles. The van der Waals surface area contributed by atoms with Crippen LogP contribution in [0.3, 0.4) is 0 Å². The predicted octanol–water partition coefficient (Wildman–Crippen LogP) is 5.04. The van der Waals surface area contributed by atoms with E-state index in [4.69, 9.17) is 0 Å². The van der Waals surface area contributed by atoms with Crippen LogP contribution < -0.4 is 5.32 Å². The minimum Gasteiger partial charge on any atom is -0.310 e. The highest BCUT2D eigenvalue weighted by Gasteiger charge is 2.18. The van der Waals surface area contributed by atoms with Gasteiger partial charge in [-0.25, -0.2) is 4.39 Å². The highest BCUT2D eigenvalue weighted by molar-refractivity contribution is 9.10. The van der Waals surface area contributed by atoms with Crippen molar-refractivity contribution >= 4 is 15.9 Å². The summed E-state index contributed by atoms with van der Waals surface area (Å²) >= 11 is 3.24. The van der Waals surface area contributed by atoms with Gasteiger partial charge in [-0.3, -0.25) is 0 Å². The van der Waals surface area contributed by atoms with E-state index in [0.717, 1.165) is 18.0 Å². The number of nitrogens with one attached hydrogen (secondary N) is 1. The van der Waals surface area contributed by atoms with E-state index in [1.807, 2.05) is 12.1 Å². The van der Waals surface area contributed by atoms with Gasteiger partial charge in [0.25, 0.3) is 0 Å². The van der Waals surface area contributed by atoms with Crippen LogP contribution in [-0.4, -0.2) is 6.04 Å². The molecule has 0 spiro atoms. The van der Waals surface area contributed by atoms with Crippen LogP contribution in [0.1, 0.15) is 51.0 Å². The minimum atomic E-state index is -0.194. The van der Waals surface area contributed by atoms with Crippen LogP contribution in [0.2, 0.25) is 0 Å². The third-order valence-electron chi connectivity index (χ3n) is 4.22. The van der Waals surface area contributed by atoms with E-state index < -0.39 is 0 Å². The molecule has 0 bridgehead atoms. The highest BCUT2D eigenvalue weighted by atomic mass is 79.9. The molecule has 0 amide bonds. The molecule has 1 aromatic rings. The lowest BCUT2D eigenvalue weighted by atomic mass is 9.93. The minimum absolute atomic E-state index is 0.194. The summed E-state index contributed by atoms with van der Waals surface area (Å²) in [7, 11) is 0. The van der Waals surface area contributed by atoms with Crippen LogP contribution in [0.5, 0.6) is 0 Å².